The van der Waals surface area contributed by atoms with Crippen molar-refractivity contribution in [3.05, 3.63) is 107 Å². The van der Waals surface area contributed by atoms with E-state index in [9.17, 15) is 4.39 Å². The number of allylic oxidation sites excluding steroid dienone is 1. The predicted molar refractivity (Wildman–Crippen MR) is 148 cm³/mol. The molecule has 1 aliphatic rings. The van der Waals surface area contributed by atoms with Gasteiger partial charge in [0.15, 0.2) is 0 Å². The summed E-state index contributed by atoms with van der Waals surface area (Å²) in [6.07, 6.45) is 3.57. The maximum atomic E-state index is 13.9. The largest absolute Gasteiger partial charge is 0.492 e. The molecule has 0 N–H and O–H groups in total. The Morgan fingerprint density at radius 2 is 1.81 bits per heavy atom. The first-order valence-corrected chi connectivity index (χ1v) is 13.0. The molecule has 3 aromatic carbocycles. The Morgan fingerprint density at radius 3 is 2.53 bits per heavy atom. The topological polar surface area (TPSA) is 27.7 Å². The molecule has 3 aromatic rings. The maximum Gasteiger partial charge on any atom is 0.138 e. The smallest absolute Gasteiger partial charge is 0.138 e. The van der Waals surface area contributed by atoms with Crippen molar-refractivity contribution in [2.75, 3.05) is 26.4 Å². The van der Waals surface area contributed by atoms with Crippen molar-refractivity contribution in [2.24, 2.45) is 5.92 Å². The Bertz CT molecular complexity index is 1080. The van der Waals surface area contributed by atoms with Gasteiger partial charge < -0.3 is 14.2 Å². The number of benzene rings is 3. The van der Waals surface area contributed by atoms with Gasteiger partial charge in [0.2, 0.25) is 0 Å². The van der Waals surface area contributed by atoms with Crippen molar-refractivity contribution >= 4 is 24.2 Å². The van der Waals surface area contributed by atoms with E-state index in [0.717, 1.165) is 17.0 Å². The molecule has 6 heteroatoms. The number of thiol groups is 1. The van der Waals surface area contributed by atoms with Crippen molar-refractivity contribution in [3.8, 4) is 5.75 Å². The van der Waals surface area contributed by atoms with Crippen LogP contribution in [-0.2, 0) is 22.5 Å². The number of hydrogen-bond acceptors (Lipinski definition) is 4. The average molecular weight is 529 g/mol. The lowest BCUT2D eigenvalue weighted by Crippen LogP contribution is -2.26. The van der Waals surface area contributed by atoms with Crippen LogP contribution in [-0.4, -0.2) is 26.4 Å². The summed E-state index contributed by atoms with van der Waals surface area (Å²) in [5.41, 5.74) is 3.06. The van der Waals surface area contributed by atoms with E-state index in [-0.39, 0.29) is 11.7 Å². The van der Waals surface area contributed by atoms with Crippen molar-refractivity contribution in [2.45, 2.75) is 37.2 Å². The van der Waals surface area contributed by atoms with Gasteiger partial charge in [-0.05, 0) is 54.2 Å². The van der Waals surface area contributed by atoms with Gasteiger partial charge in [0.05, 0.1) is 33.0 Å². The molecule has 1 heterocycles. The van der Waals surface area contributed by atoms with E-state index in [2.05, 4.69) is 38.3 Å². The average Bonchev–Trinajstić information content (AvgIpc) is 2.90. The van der Waals surface area contributed by atoms with E-state index in [1.54, 1.807) is 6.07 Å². The highest BCUT2D eigenvalue weighted by atomic mass is 35.5. The summed E-state index contributed by atoms with van der Waals surface area (Å²) in [5.74, 6) is 1.02. The van der Waals surface area contributed by atoms with Crippen molar-refractivity contribution in [1.29, 1.82) is 0 Å². The summed E-state index contributed by atoms with van der Waals surface area (Å²) >= 11 is 10.1. The van der Waals surface area contributed by atoms with E-state index in [0.29, 0.717) is 61.6 Å². The minimum atomic E-state index is -0.237. The Hall–Kier alpha value is -2.31. The Labute approximate surface area is 224 Å². The molecule has 0 amide bonds. The van der Waals surface area contributed by atoms with Crippen molar-refractivity contribution in [1.82, 2.24) is 0 Å². The van der Waals surface area contributed by atoms with E-state index in [1.807, 2.05) is 48.5 Å². The molecule has 2 unspecified atom stereocenters. The number of fused-ring (bicyclic) bond motifs is 1. The molecule has 36 heavy (non-hydrogen) atoms. The molecule has 0 bridgehead atoms. The lowest BCUT2D eigenvalue weighted by atomic mass is 9.97. The van der Waals surface area contributed by atoms with Crippen LogP contribution in [0.15, 0.2) is 84.3 Å². The highest BCUT2D eigenvalue weighted by Crippen LogP contribution is 2.35. The van der Waals surface area contributed by atoms with Crippen LogP contribution >= 0.6 is 24.2 Å². The third kappa shape index (κ3) is 8.97. The zero-order valence-corrected chi connectivity index (χ0v) is 22.3. The second-order valence-electron chi connectivity index (χ2n) is 8.85. The quantitative estimate of drug-likeness (QED) is 0.164. The van der Waals surface area contributed by atoms with Gasteiger partial charge in [-0.25, -0.2) is 4.39 Å². The third-order valence-corrected chi connectivity index (χ3v) is 6.54. The lowest BCUT2D eigenvalue weighted by molar-refractivity contribution is 0.0173. The molecule has 0 saturated carbocycles. The Kier molecular flexibility index (Phi) is 11.8. The van der Waals surface area contributed by atoms with E-state index >= 15 is 0 Å². The van der Waals surface area contributed by atoms with Crippen LogP contribution in [0.25, 0.3) is 0 Å². The normalized spacial score (nSPS) is 15.2. The SMILES string of the molecule is C=CCC(C)c1ccc(Cl)cc1.Fc1ccc(S)c2c1CC(COCCOCc1ccccc1)CO2. The first kappa shape index (κ1) is 28.3. The van der Waals surface area contributed by atoms with Crippen LogP contribution in [0.3, 0.4) is 0 Å². The van der Waals surface area contributed by atoms with Gasteiger partial charge in [0, 0.05) is 21.4 Å². The van der Waals surface area contributed by atoms with E-state index < -0.39 is 0 Å². The molecule has 0 fully saturated rings. The van der Waals surface area contributed by atoms with Gasteiger partial charge in [-0.3, -0.25) is 0 Å². The molecule has 2 atom stereocenters. The van der Waals surface area contributed by atoms with Gasteiger partial charge in [0.25, 0.3) is 0 Å². The highest BCUT2D eigenvalue weighted by molar-refractivity contribution is 7.80. The van der Waals surface area contributed by atoms with Crippen LogP contribution in [0, 0.1) is 11.7 Å². The zero-order valence-electron chi connectivity index (χ0n) is 20.7. The molecule has 3 nitrogen and oxygen atoms in total. The minimum Gasteiger partial charge on any atom is -0.492 e. The summed E-state index contributed by atoms with van der Waals surface area (Å²) in [7, 11) is 0. The summed E-state index contributed by atoms with van der Waals surface area (Å²) in [4.78, 5) is 0.681. The fourth-order valence-corrected chi connectivity index (χ4v) is 4.31. The number of hydrogen-bond donors (Lipinski definition) is 1. The molecule has 0 aromatic heterocycles. The van der Waals surface area contributed by atoms with Gasteiger partial charge in [-0.15, -0.1) is 19.2 Å². The van der Waals surface area contributed by atoms with Crippen molar-refractivity contribution < 1.29 is 18.6 Å². The number of ether oxygens (including phenoxy) is 3. The van der Waals surface area contributed by atoms with E-state index in [1.165, 1.54) is 11.6 Å². The molecule has 192 valence electrons. The first-order chi connectivity index (χ1) is 17.5. The number of rotatable bonds is 10. The molecule has 1 aliphatic heterocycles. The van der Waals surface area contributed by atoms with Gasteiger partial charge in [-0.2, -0.15) is 0 Å². The van der Waals surface area contributed by atoms with Crippen LogP contribution in [0.4, 0.5) is 4.39 Å². The summed E-state index contributed by atoms with van der Waals surface area (Å²) in [5, 5.41) is 0.796. The molecule has 4 rings (SSSR count). The van der Waals surface area contributed by atoms with Gasteiger partial charge in [0.1, 0.15) is 11.6 Å². The predicted octanol–water partition coefficient (Wildman–Crippen LogP) is 7.92. The molecule has 0 spiro atoms. The molecular weight excluding hydrogens is 495 g/mol. The first-order valence-electron chi connectivity index (χ1n) is 12.2. The zero-order chi connectivity index (χ0) is 25.8. The van der Waals surface area contributed by atoms with E-state index in [4.69, 9.17) is 25.8 Å². The Morgan fingerprint density at radius 1 is 1.08 bits per heavy atom. The van der Waals surface area contributed by atoms with Crippen molar-refractivity contribution in [3.63, 3.8) is 0 Å². The molecular formula is C30H34ClFO3S. The fourth-order valence-electron chi connectivity index (χ4n) is 3.91. The monoisotopic (exact) mass is 528 g/mol. The van der Waals surface area contributed by atoms with Crippen LogP contribution < -0.4 is 4.74 Å². The maximum absolute atomic E-state index is 13.9. The fraction of sp³-hybridized carbons (Fsp3) is 0.333. The number of halogens is 2. The standard InChI is InChI=1S/C19H21FO3S.C11H13Cl/c20-17-6-7-18(24)19-16(17)10-15(13-23-19)12-22-9-8-21-11-14-4-2-1-3-5-14;1-3-4-9(2)10-5-7-11(12)8-6-10/h1-7,15,24H,8-13H2;3,5-9H,1,4H2,2H3. The second kappa shape index (κ2) is 15.1. The third-order valence-electron chi connectivity index (χ3n) is 5.94. The second-order valence-corrected chi connectivity index (χ2v) is 9.76. The van der Waals surface area contributed by atoms with Gasteiger partial charge >= 0.3 is 0 Å². The molecule has 0 saturated heterocycles. The summed E-state index contributed by atoms with van der Waals surface area (Å²) in [6.45, 7) is 8.60. The molecule has 0 radical (unpaired) electrons. The summed E-state index contributed by atoms with van der Waals surface area (Å²) in [6, 6.07) is 21.1. The molecule has 0 aliphatic carbocycles. The summed E-state index contributed by atoms with van der Waals surface area (Å²) < 4.78 is 30.8. The van der Waals surface area contributed by atoms with Gasteiger partial charge in [-0.1, -0.05) is 67.1 Å². The lowest BCUT2D eigenvalue weighted by Gasteiger charge is -2.26. The minimum absolute atomic E-state index is 0.149. The Balaban J connectivity index is 0.000000253. The van der Waals surface area contributed by atoms with Crippen LogP contribution in [0.5, 0.6) is 5.75 Å². The highest BCUT2D eigenvalue weighted by Gasteiger charge is 2.24. The van der Waals surface area contributed by atoms with Crippen LogP contribution in [0.1, 0.15) is 36.0 Å². The van der Waals surface area contributed by atoms with Crippen LogP contribution in [0.2, 0.25) is 5.02 Å².